The Kier molecular flexibility index (Phi) is 3.03. The summed E-state index contributed by atoms with van der Waals surface area (Å²) in [6, 6.07) is 6.91. The minimum atomic E-state index is -1.05. The third-order valence-electron chi connectivity index (χ3n) is 2.90. The van der Waals surface area contributed by atoms with Crippen molar-refractivity contribution in [3.8, 4) is 12.1 Å². The summed E-state index contributed by atoms with van der Waals surface area (Å²) in [7, 11) is 0. The zero-order chi connectivity index (χ0) is 13.1. The number of pyridine rings is 1. The van der Waals surface area contributed by atoms with Crippen molar-refractivity contribution in [2.24, 2.45) is 11.8 Å². The summed E-state index contributed by atoms with van der Waals surface area (Å²) in [6.07, 6.45) is 2.99. The van der Waals surface area contributed by atoms with E-state index in [0.29, 0.717) is 5.56 Å². The molecule has 0 aromatic carbocycles. The maximum Gasteiger partial charge on any atom is 0.244 e. The van der Waals surface area contributed by atoms with Crippen LogP contribution in [0.2, 0.25) is 0 Å². The van der Waals surface area contributed by atoms with Gasteiger partial charge in [0.05, 0.1) is 12.1 Å². The number of nitriles is 2. The molecule has 2 amide bonds. The number of hydrogen-bond donors (Lipinski definition) is 1. The topological polar surface area (TPSA) is 107 Å². The largest absolute Gasteiger partial charge is 0.294 e. The van der Waals surface area contributed by atoms with E-state index in [1.54, 1.807) is 12.1 Å². The summed E-state index contributed by atoms with van der Waals surface area (Å²) < 4.78 is 0. The van der Waals surface area contributed by atoms with Crippen LogP contribution in [0, 0.1) is 34.5 Å². The average molecular weight is 240 g/mol. The van der Waals surface area contributed by atoms with Crippen LogP contribution in [0.1, 0.15) is 11.5 Å². The second-order valence-corrected chi connectivity index (χ2v) is 3.87. The number of carbonyl (C=O) groups excluding carboxylic acids is 2. The van der Waals surface area contributed by atoms with Crippen molar-refractivity contribution >= 4 is 11.8 Å². The molecule has 0 saturated carbocycles. The first-order valence-corrected chi connectivity index (χ1v) is 5.23. The number of nitrogens with zero attached hydrogens (tertiary/aromatic N) is 3. The van der Waals surface area contributed by atoms with Crippen LogP contribution in [0.5, 0.6) is 0 Å². The first-order valence-electron chi connectivity index (χ1n) is 5.23. The minimum absolute atomic E-state index is 0.589. The fraction of sp³-hybridized carbons (Fsp3) is 0.250. The van der Waals surface area contributed by atoms with E-state index in [-0.39, 0.29) is 0 Å². The highest BCUT2D eigenvalue weighted by molar-refractivity contribution is 6.03. The molecule has 1 aliphatic heterocycles. The smallest absolute Gasteiger partial charge is 0.244 e. The fourth-order valence-electron chi connectivity index (χ4n) is 2.04. The Hall–Kier alpha value is -2.73. The molecule has 0 unspecified atom stereocenters. The summed E-state index contributed by atoms with van der Waals surface area (Å²) in [5.41, 5.74) is 0.589. The molecule has 1 aromatic rings. The number of hydrogen-bond acceptors (Lipinski definition) is 5. The van der Waals surface area contributed by atoms with Crippen LogP contribution in [0.3, 0.4) is 0 Å². The average Bonchev–Trinajstić information content (AvgIpc) is 2.39. The van der Waals surface area contributed by atoms with E-state index < -0.39 is 29.6 Å². The molecule has 2 atom stereocenters. The Balaban J connectivity index is 2.50. The summed E-state index contributed by atoms with van der Waals surface area (Å²) in [4.78, 5) is 27.0. The number of carbonyl (C=O) groups is 2. The van der Waals surface area contributed by atoms with E-state index >= 15 is 0 Å². The molecule has 2 rings (SSSR count). The van der Waals surface area contributed by atoms with Crippen molar-refractivity contribution in [3.05, 3.63) is 30.1 Å². The third kappa shape index (κ3) is 1.80. The highest BCUT2D eigenvalue weighted by Gasteiger charge is 2.45. The van der Waals surface area contributed by atoms with Gasteiger partial charge >= 0.3 is 0 Å². The Morgan fingerprint density at radius 1 is 1.06 bits per heavy atom. The van der Waals surface area contributed by atoms with Crippen LogP contribution in [-0.4, -0.2) is 16.8 Å². The zero-order valence-electron chi connectivity index (χ0n) is 9.20. The zero-order valence-corrected chi connectivity index (χ0v) is 9.20. The van der Waals surface area contributed by atoms with Crippen LogP contribution >= 0.6 is 0 Å². The fourth-order valence-corrected chi connectivity index (χ4v) is 2.04. The van der Waals surface area contributed by atoms with E-state index in [4.69, 9.17) is 10.5 Å². The Morgan fingerprint density at radius 2 is 1.56 bits per heavy atom. The van der Waals surface area contributed by atoms with E-state index in [0.717, 1.165) is 0 Å². The lowest BCUT2D eigenvalue weighted by atomic mass is 9.75. The maximum atomic E-state index is 11.6. The number of aromatic nitrogens is 1. The second-order valence-electron chi connectivity index (χ2n) is 3.87. The Morgan fingerprint density at radius 3 is 2.00 bits per heavy atom. The van der Waals surface area contributed by atoms with E-state index in [9.17, 15) is 9.59 Å². The lowest BCUT2D eigenvalue weighted by Gasteiger charge is -2.29. The van der Waals surface area contributed by atoms with Crippen LogP contribution < -0.4 is 5.32 Å². The van der Waals surface area contributed by atoms with Gasteiger partial charge in [-0.05, 0) is 17.7 Å². The van der Waals surface area contributed by atoms with Gasteiger partial charge in [-0.3, -0.25) is 19.9 Å². The van der Waals surface area contributed by atoms with Gasteiger partial charge in [0.1, 0.15) is 11.8 Å². The molecule has 1 fully saturated rings. The number of nitrogens with one attached hydrogen (secondary N) is 1. The van der Waals surface area contributed by atoms with Crippen molar-refractivity contribution in [3.63, 3.8) is 0 Å². The molecule has 6 nitrogen and oxygen atoms in total. The number of rotatable bonds is 1. The molecule has 0 radical (unpaired) electrons. The molecular formula is C12H8N4O2. The Bertz CT molecular complexity index is 538. The van der Waals surface area contributed by atoms with Gasteiger partial charge in [-0.1, -0.05) is 0 Å². The molecule has 1 aliphatic rings. The van der Waals surface area contributed by atoms with Crippen molar-refractivity contribution < 1.29 is 9.59 Å². The molecule has 2 heterocycles. The van der Waals surface area contributed by atoms with Crippen LogP contribution in [0.4, 0.5) is 0 Å². The predicted molar refractivity (Wildman–Crippen MR) is 58.3 cm³/mol. The van der Waals surface area contributed by atoms with Gasteiger partial charge < -0.3 is 0 Å². The summed E-state index contributed by atoms with van der Waals surface area (Å²) in [5, 5.41) is 20.1. The van der Waals surface area contributed by atoms with Crippen LogP contribution in [0.25, 0.3) is 0 Å². The Labute approximate surface area is 103 Å². The molecule has 88 valence electrons. The number of piperidine rings is 1. The SMILES string of the molecule is N#C[C@@H]1C(=O)NC(=O)[C@@H](C#N)C1c1ccncc1. The molecule has 18 heavy (non-hydrogen) atoms. The van der Waals surface area contributed by atoms with Crippen molar-refractivity contribution in [2.75, 3.05) is 0 Å². The van der Waals surface area contributed by atoms with Crippen LogP contribution in [0.15, 0.2) is 24.5 Å². The second kappa shape index (κ2) is 4.64. The molecule has 1 saturated heterocycles. The van der Waals surface area contributed by atoms with Gasteiger partial charge in [0.2, 0.25) is 11.8 Å². The van der Waals surface area contributed by atoms with Gasteiger partial charge in [-0.25, -0.2) is 0 Å². The molecule has 0 aliphatic carbocycles. The quantitative estimate of drug-likeness (QED) is 0.700. The molecule has 6 heteroatoms. The molecule has 1 N–H and O–H groups in total. The maximum absolute atomic E-state index is 11.6. The summed E-state index contributed by atoms with van der Waals surface area (Å²) >= 11 is 0. The number of imide groups is 1. The van der Waals surface area contributed by atoms with Crippen molar-refractivity contribution in [2.45, 2.75) is 5.92 Å². The minimum Gasteiger partial charge on any atom is -0.294 e. The highest BCUT2D eigenvalue weighted by Crippen LogP contribution is 2.34. The predicted octanol–water partition coefficient (Wildman–Crippen LogP) is 0.101. The third-order valence-corrected chi connectivity index (χ3v) is 2.90. The van der Waals surface area contributed by atoms with E-state index in [1.165, 1.54) is 12.4 Å². The molecular weight excluding hydrogens is 232 g/mol. The lowest BCUT2D eigenvalue weighted by Crippen LogP contribution is -2.49. The summed E-state index contributed by atoms with van der Waals surface area (Å²) in [6.45, 7) is 0. The first kappa shape index (κ1) is 11.7. The van der Waals surface area contributed by atoms with Crippen molar-refractivity contribution in [1.82, 2.24) is 10.3 Å². The monoisotopic (exact) mass is 240 g/mol. The number of amides is 2. The molecule has 0 spiro atoms. The van der Waals surface area contributed by atoms with Crippen LogP contribution in [-0.2, 0) is 9.59 Å². The lowest BCUT2D eigenvalue weighted by molar-refractivity contribution is -0.137. The molecule has 1 aromatic heterocycles. The first-order chi connectivity index (χ1) is 8.69. The van der Waals surface area contributed by atoms with E-state index in [1.807, 2.05) is 17.5 Å². The normalized spacial score (nSPS) is 23.9. The standard InChI is InChI=1S/C12H8N4O2/c13-5-8-10(7-1-3-15-4-2-7)9(6-14)12(18)16-11(8)17/h1-4,8-10H,(H,16,17,18)/t8-,9-/m0/s1. The van der Waals surface area contributed by atoms with Gasteiger partial charge in [0.25, 0.3) is 0 Å². The van der Waals surface area contributed by atoms with Gasteiger partial charge in [-0.15, -0.1) is 0 Å². The van der Waals surface area contributed by atoms with Gasteiger partial charge in [0, 0.05) is 18.3 Å². The van der Waals surface area contributed by atoms with Crippen molar-refractivity contribution in [1.29, 1.82) is 10.5 Å². The van der Waals surface area contributed by atoms with Gasteiger partial charge in [-0.2, -0.15) is 10.5 Å². The summed E-state index contributed by atoms with van der Waals surface area (Å²) in [5.74, 6) is -4.15. The molecule has 0 bridgehead atoms. The van der Waals surface area contributed by atoms with E-state index in [2.05, 4.69) is 4.98 Å². The van der Waals surface area contributed by atoms with Gasteiger partial charge in [0.15, 0.2) is 0 Å². The highest BCUT2D eigenvalue weighted by atomic mass is 16.2.